The van der Waals surface area contributed by atoms with Crippen LogP contribution in [-0.4, -0.2) is 23.8 Å². The quantitative estimate of drug-likeness (QED) is 0.523. The zero-order valence-corrected chi connectivity index (χ0v) is 17.8. The van der Waals surface area contributed by atoms with Gasteiger partial charge in [-0.05, 0) is 56.3 Å². The number of rotatable bonds is 4. The van der Waals surface area contributed by atoms with Crippen LogP contribution < -0.4 is 0 Å². The Labute approximate surface area is 160 Å². The van der Waals surface area contributed by atoms with Crippen LogP contribution in [0.15, 0.2) is 36.0 Å². The number of hydrogen-bond donors (Lipinski definition) is 1. The van der Waals surface area contributed by atoms with Crippen molar-refractivity contribution in [2.24, 2.45) is 16.7 Å². The number of methoxy groups -OCH3 is 1. The molecule has 3 unspecified atom stereocenters. The van der Waals surface area contributed by atoms with Gasteiger partial charge in [0.05, 0.1) is 12.7 Å². The number of ether oxygens (including phenoxy) is 1. The second-order valence-corrected chi connectivity index (χ2v) is 8.99. The van der Waals surface area contributed by atoms with Gasteiger partial charge in [-0.15, -0.1) is 6.58 Å². The molecular weight excluding hydrogens is 324 g/mol. The predicted molar refractivity (Wildman–Crippen MR) is 109 cm³/mol. The number of hydrogen-bond acceptors (Lipinski definition) is 3. The van der Waals surface area contributed by atoms with E-state index >= 15 is 0 Å². The Morgan fingerprint density at radius 3 is 2.46 bits per heavy atom. The first kappa shape index (κ1) is 22.7. The fourth-order valence-electron chi connectivity index (χ4n) is 4.64. The Hall–Kier alpha value is -1.35. The van der Waals surface area contributed by atoms with Crippen molar-refractivity contribution in [1.82, 2.24) is 0 Å². The third kappa shape index (κ3) is 5.33. The van der Waals surface area contributed by atoms with Gasteiger partial charge in [-0.2, -0.15) is 0 Å². The molecule has 2 rings (SSSR count). The minimum atomic E-state index is -0.748. The van der Waals surface area contributed by atoms with E-state index < -0.39 is 5.60 Å². The van der Waals surface area contributed by atoms with Gasteiger partial charge in [0.1, 0.15) is 0 Å². The molecule has 2 aliphatic carbocycles. The van der Waals surface area contributed by atoms with E-state index in [1.54, 1.807) is 11.6 Å². The van der Waals surface area contributed by atoms with Crippen LogP contribution in [0.4, 0.5) is 0 Å². The second-order valence-electron chi connectivity index (χ2n) is 8.99. The Balaban J connectivity index is 0.000000597. The highest BCUT2D eigenvalue weighted by molar-refractivity contribution is 5.65. The van der Waals surface area contributed by atoms with Gasteiger partial charge < -0.3 is 9.84 Å². The Kier molecular flexibility index (Phi) is 7.47. The van der Waals surface area contributed by atoms with Crippen LogP contribution in [0.25, 0.3) is 0 Å². The molecule has 3 atom stereocenters. The molecule has 0 aromatic rings. The summed E-state index contributed by atoms with van der Waals surface area (Å²) in [5.41, 5.74) is 2.91. The maximum absolute atomic E-state index is 10.3. The highest BCUT2D eigenvalue weighted by Gasteiger charge is 2.47. The minimum absolute atomic E-state index is 0.245. The molecule has 1 N–H and O–H groups in total. The standard InChI is InChI=1S/C20H32O.C3H6O2/c1-7-19(5,21)14-11-16-15(2)9-10-17-18(3,4)12-8-13-20(16,17)6;1-3(4)5-2/h7,9-10,16,21H,1,8,11-14H2,2-6H3;1-2H3. The van der Waals surface area contributed by atoms with Crippen molar-refractivity contribution in [3.63, 3.8) is 0 Å². The summed E-state index contributed by atoms with van der Waals surface area (Å²) in [4.78, 5) is 9.59. The lowest BCUT2D eigenvalue weighted by Gasteiger charge is -2.52. The number of aliphatic hydroxyl groups is 1. The predicted octanol–water partition coefficient (Wildman–Crippen LogP) is 5.60. The molecule has 3 nitrogen and oxygen atoms in total. The molecule has 0 saturated heterocycles. The number of fused-ring (bicyclic) bond motifs is 1. The van der Waals surface area contributed by atoms with Crippen LogP contribution in [0.2, 0.25) is 0 Å². The van der Waals surface area contributed by atoms with E-state index in [-0.39, 0.29) is 11.4 Å². The summed E-state index contributed by atoms with van der Waals surface area (Å²) < 4.78 is 4.11. The van der Waals surface area contributed by atoms with Gasteiger partial charge in [0, 0.05) is 6.92 Å². The maximum atomic E-state index is 10.3. The Bertz CT molecular complexity index is 580. The van der Waals surface area contributed by atoms with Crippen LogP contribution in [-0.2, 0) is 9.53 Å². The van der Waals surface area contributed by atoms with Crippen molar-refractivity contribution in [2.75, 3.05) is 7.11 Å². The molecule has 3 heteroatoms. The zero-order valence-electron chi connectivity index (χ0n) is 17.8. The van der Waals surface area contributed by atoms with E-state index in [0.29, 0.717) is 11.3 Å². The van der Waals surface area contributed by atoms with Crippen molar-refractivity contribution in [2.45, 2.75) is 79.2 Å². The molecule has 1 saturated carbocycles. The van der Waals surface area contributed by atoms with Gasteiger partial charge in [0.25, 0.3) is 0 Å². The summed E-state index contributed by atoms with van der Waals surface area (Å²) in [6, 6.07) is 0. The van der Waals surface area contributed by atoms with E-state index in [1.807, 2.05) is 6.92 Å². The van der Waals surface area contributed by atoms with Crippen molar-refractivity contribution in [1.29, 1.82) is 0 Å². The third-order valence-electron chi connectivity index (χ3n) is 6.34. The summed E-state index contributed by atoms with van der Waals surface area (Å²) >= 11 is 0. The van der Waals surface area contributed by atoms with Gasteiger partial charge in [0.15, 0.2) is 0 Å². The molecule has 0 aliphatic heterocycles. The van der Waals surface area contributed by atoms with Crippen LogP contribution in [0.3, 0.4) is 0 Å². The lowest BCUT2D eigenvalue weighted by molar-refractivity contribution is -0.137. The first-order chi connectivity index (χ1) is 11.9. The lowest BCUT2D eigenvalue weighted by atomic mass is 9.52. The van der Waals surface area contributed by atoms with E-state index in [2.05, 4.69) is 51.2 Å². The third-order valence-corrected chi connectivity index (χ3v) is 6.34. The number of carbonyl (C=O) groups excluding carboxylic acids is 1. The van der Waals surface area contributed by atoms with Crippen molar-refractivity contribution >= 4 is 5.97 Å². The minimum Gasteiger partial charge on any atom is -0.469 e. The number of carbonyl (C=O) groups is 1. The van der Waals surface area contributed by atoms with E-state index in [4.69, 9.17) is 0 Å². The molecule has 1 fully saturated rings. The van der Waals surface area contributed by atoms with Crippen molar-refractivity contribution in [3.05, 3.63) is 36.0 Å². The summed E-state index contributed by atoms with van der Waals surface area (Å²) in [6.07, 6.45) is 12.1. The highest BCUT2D eigenvalue weighted by atomic mass is 16.5. The fraction of sp³-hybridized carbons (Fsp3) is 0.696. The molecule has 26 heavy (non-hydrogen) atoms. The summed E-state index contributed by atoms with van der Waals surface area (Å²) in [7, 11) is 1.35. The summed E-state index contributed by atoms with van der Waals surface area (Å²) in [6.45, 7) is 16.5. The summed E-state index contributed by atoms with van der Waals surface area (Å²) in [5, 5.41) is 10.3. The molecule has 0 heterocycles. The fourth-order valence-corrected chi connectivity index (χ4v) is 4.64. The average molecular weight is 363 g/mol. The largest absolute Gasteiger partial charge is 0.469 e. The van der Waals surface area contributed by atoms with Crippen molar-refractivity contribution in [3.8, 4) is 0 Å². The van der Waals surface area contributed by atoms with Gasteiger partial charge in [0.2, 0.25) is 0 Å². The van der Waals surface area contributed by atoms with Gasteiger partial charge >= 0.3 is 5.97 Å². The van der Waals surface area contributed by atoms with E-state index in [1.165, 1.54) is 38.9 Å². The molecule has 0 amide bonds. The van der Waals surface area contributed by atoms with Crippen LogP contribution >= 0.6 is 0 Å². The monoisotopic (exact) mass is 362 g/mol. The highest BCUT2D eigenvalue weighted by Crippen LogP contribution is 2.58. The second kappa shape index (κ2) is 8.56. The normalized spacial score (nSPS) is 29.0. The van der Waals surface area contributed by atoms with E-state index in [0.717, 1.165) is 12.8 Å². The van der Waals surface area contributed by atoms with Gasteiger partial charge in [-0.3, -0.25) is 4.79 Å². The lowest BCUT2D eigenvalue weighted by Crippen LogP contribution is -2.42. The topological polar surface area (TPSA) is 46.5 Å². The first-order valence-corrected chi connectivity index (χ1v) is 9.69. The first-order valence-electron chi connectivity index (χ1n) is 9.69. The molecular formula is C23H38O3. The molecule has 0 bridgehead atoms. The molecule has 0 radical (unpaired) electrons. The Morgan fingerprint density at radius 2 is 1.96 bits per heavy atom. The molecule has 0 aromatic heterocycles. The van der Waals surface area contributed by atoms with Crippen LogP contribution in [0.5, 0.6) is 0 Å². The molecule has 0 aromatic carbocycles. The zero-order chi connectivity index (χ0) is 20.2. The van der Waals surface area contributed by atoms with Crippen LogP contribution in [0, 0.1) is 16.7 Å². The van der Waals surface area contributed by atoms with Crippen molar-refractivity contribution < 1.29 is 14.6 Å². The molecule has 2 aliphatic rings. The molecule has 0 spiro atoms. The SMILES string of the molecule is C=CC(C)(O)CCC1C(C)=CC=C2C(C)(C)CCCC21C.COC(C)=O. The van der Waals surface area contributed by atoms with Crippen LogP contribution in [0.1, 0.15) is 73.6 Å². The maximum Gasteiger partial charge on any atom is 0.302 e. The van der Waals surface area contributed by atoms with E-state index in [9.17, 15) is 9.90 Å². The Morgan fingerprint density at radius 1 is 1.38 bits per heavy atom. The van der Waals surface area contributed by atoms with Gasteiger partial charge in [-0.25, -0.2) is 0 Å². The number of allylic oxidation sites excluding steroid dienone is 4. The van der Waals surface area contributed by atoms with Gasteiger partial charge in [-0.1, -0.05) is 56.6 Å². The number of esters is 1. The average Bonchev–Trinajstić information content (AvgIpc) is 2.53. The smallest absolute Gasteiger partial charge is 0.302 e. The molecule has 148 valence electrons. The summed E-state index contributed by atoms with van der Waals surface area (Å²) in [5.74, 6) is 0.300.